The van der Waals surface area contributed by atoms with E-state index in [-0.39, 0.29) is 0 Å². The Morgan fingerprint density at radius 2 is 1.95 bits per heavy atom. The number of pyridine rings is 1. The van der Waals surface area contributed by atoms with Crippen molar-refractivity contribution in [3.05, 3.63) is 59.7 Å². The minimum atomic E-state index is -0.907. The number of hydrogen-bond acceptors (Lipinski definition) is 4. The number of aromatic nitrogens is 2. The highest BCUT2D eigenvalue weighted by molar-refractivity contribution is 5.83. The number of carboxylic acid groups (broad SMARTS) is 1. The first-order valence-electron chi connectivity index (χ1n) is 6.15. The third kappa shape index (κ3) is 2.14. The van der Waals surface area contributed by atoms with E-state index in [1.54, 1.807) is 49.6 Å². The average molecular weight is 268 g/mol. The van der Waals surface area contributed by atoms with Gasteiger partial charge < -0.3 is 9.52 Å². The Morgan fingerprint density at radius 1 is 1.20 bits per heavy atom. The van der Waals surface area contributed by atoms with Crippen molar-refractivity contribution < 1.29 is 14.3 Å². The van der Waals surface area contributed by atoms with Crippen LogP contribution in [0.3, 0.4) is 0 Å². The monoisotopic (exact) mass is 268 g/mol. The molecule has 0 aliphatic heterocycles. The fourth-order valence-corrected chi connectivity index (χ4v) is 2.27. The molecule has 0 saturated carbocycles. The molecule has 0 aliphatic carbocycles. The van der Waals surface area contributed by atoms with Gasteiger partial charge >= 0.3 is 5.97 Å². The standard InChI is InChI=1S/C15H12N2O3/c1-9-17-12-8-11(2-3-13(12)20-9)14(15(18)19)10-4-6-16-7-5-10/h2-8,14H,1H3,(H,18,19). The van der Waals surface area contributed by atoms with E-state index in [0.717, 1.165) is 0 Å². The number of aryl methyl sites for hydroxylation is 1. The number of nitrogens with zero attached hydrogens (tertiary/aromatic N) is 2. The van der Waals surface area contributed by atoms with Crippen molar-refractivity contribution in [2.45, 2.75) is 12.8 Å². The lowest BCUT2D eigenvalue weighted by atomic mass is 9.92. The number of benzene rings is 1. The summed E-state index contributed by atoms with van der Waals surface area (Å²) in [6.07, 6.45) is 3.17. The van der Waals surface area contributed by atoms with Crippen molar-refractivity contribution in [3.63, 3.8) is 0 Å². The van der Waals surface area contributed by atoms with Crippen molar-refractivity contribution in [1.82, 2.24) is 9.97 Å². The first-order chi connectivity index (χ1) is 9.65. The molecule has 5 heteroatoms. The summed E-state index contributed by atoms with van der Waals surface area (Å²) in [5.74, 6) is -1.08. The summed E-state index contributed by atoms with van der Waals surface area (Å²) < 4.78 is 5.40. The molecule has 0 aliphatic rings. The number of rotatable bonds is 3. The second kappa shape index (κ2) is 4.77. The van der Waals surface area contributed by atoms with Gasteiger partial charge in [0.05, 0.1) is 0 Å². The van der Waals surface area contributed by atoms with Crippen LogP contribution in [0.2, 0.25) is 0 Å². The molecule has 0 radical (unpaired) electrons. The third-order valence-corrected chi connectivity index (χ3v) is 3.14. The minimum Gasteiger partial charge on any atom is -0.481 e. The molecule has 3 rings (SSSR count). The first kappa shape index (κ1) is 12.3. The molecular weight excluding hydrogens is 256 g/mol. The molecule has 1 unspecified atom stereocenters. The van der Waals surface area contributed by atoms with Gasteiger partial charge in [-0.3, -0.25) is 9.78 Å². The van der Waals surface area contributed by atoms with Crippen LogP contribution in [0, 0.1) is 6.92 Å². The number of hydrogen-bond donors (Lipinski definition) is 1. The molecule has 1 atom stereocenters. The zero-order chi connectivity index (χ0) is 14.1. The Kier molecular flexibility index (Phi) is 2.95. The highest BCUT2D eigenvalue weighted by atomic mass is 16.4. The van der Waals surface area contributed by atoms with Crippen LogP contribution in [-0.2, 0) is 4.79 Å². The maximum atomic E-state index is 11.6. The Labute approximate surface area is 114 Å². The van der Waals surface area contributed by atoms with Gasteiger partial charge in [-0.1, -0.05) is 6.07 Å². The number of carboxylic acids is 1. The molecule has 3 aromatic rings. The Bertz CT molecular complexity index is 765. The van der Waals surface area contributed by atoms with Gasteiger partial charge in [0.2, 0.25) is 0 Å². The van der Waals surface area contributed by atoms with Crippen LogP contribution in [0.15, 0.2) is 47.1 Å². The second-order valence-corrected chi connectivity index (χ2v) is 4.51. The molecule has 0 bridgehead atoms. The fourth-order valence-electron chi connectivity index (χ4n) is 2.27. The highest BCUT2D eigenvalue weighted by Gasteiger charge is 2.22. The quantitative estimate of drug-likeness (QED) is 0.790. The van der Waals surface area contributed by atoms with E-state index in [2.05, 4.69) is 9.97 Å². The van der Waals surface area contributed by atoms with Crippen molar-refractivity contribution in [2.75, 3.05) is 0 Å². The molecule has 1 aromatic carbocycles. The largest absolute Gasteiger partial charge is 0.481 e. The molecular formula is C15H12N2O3. The number of carbonyl (C=O) groups is 1. The minimum absolute atomic E-state index is 0.563. The lowest BCUT2D eigenvalue weighted by Crippen LogP contribution is -2.13. The summed E-state index contributed by atoms with van der Waals surface area (Å²) in [5, 5.41) is 9.49. The third-order valence-electron chi connectivity index (χ3n) is 3.14. The lowest BCUT2D eigenvalue weighted by molar-refractivity contribution is -0.137. The van der Waals surface area contributed by atoms with E-state index in [1.807, 2.05) is 0 Å². The van der Waals surface area contributed by atoms with Crippen molar-refractivity contribution in [2.24, 2.45) is 0 Å². The molecule has 100 valence electrons. The van der Waals surface area contributed by atoms with Crippen LogP contribution in [0.1, 0.15) is 22.9 Å². The van der Waals surface area contributed by atoms with Gasteiger partial charge in [0.15, 0.2) is 11.5 Å². The van der Waals surface area contributed by atoms with Crippen LogP contribution < -0.4 is 0 Å². The van der Waals surface area contributed by atoms with E-state index in [9.17, 15) is 9.90 Å². The van der Waals surface area contributed by atoms with Crippen LogP contribution in [0.25, 0.3) is 11.1 Å². The molecule has 0 amide bonds. The molecule has 5 nitrogen and oxygen atoms in total. The van der Waals surface area contributed by atoms with Gasteiger partial charge in [0.1, 0.15) is 11.4 Å². The van der Waals surface area contributed by atoms with Gasteiger partial charge in [-0.2, -0.15) is 0 Å². The molecule has 20 heavy (non-hydrogen) atoms. The maximum absolute atomic E-state index is 11.6. The zero-order valence-corrected chi connectivity index (χ0v) is 10.8. The average Bonchev–Trinajstić information content (AvgIpc) is 2.79. The molecule has 0 spiro atoms. The van der Waals surface area contributed by atoms with E-state index < -0.39 is 11.9 Å². The smallest absolute Gasteiger partial charge is 0.315 e. The maximum Gasteiger partial charge on any atom is 0.315 e. The fraction of sp³-hybridized carbons (Fsp3) is 0.133. The van der Waals surface area contributed by atoms with Crippen molar-refractivity contribution in [1.29, 1.82) is 0 Å². The molecule has 0 fully saturated rings. The van der Waals surface area contributed by atoms with E-state index >= 15 is 0 Å². The van der Waals surface area contributed by atoms with Crippen LogP contribution >= 0.6 is 0 Å². The van der Waals surface area contributed by atoms with Gasteiger partial charge in [-0.15, -0.1) is 0 Å². The summed E-state index contributed by atoms with van der Waals surface area (Å²) in [6.45, 7) is 1.76. The van der Waals surface area contributed by atoms with Crippen LogP contribution in [-0.4, -0.2) is 21.0 Å². The predicted octanol–water partition coefficient (Wildman–Crippen LogP) is 2.75. The number of oxazole rings is 1. The summed E-state index contributed by atoms with van der Waals surface area (Å²) in [7, 11) is 0. The number of fused-ring (bicyclic) bond motifs is 1. The predicted molar refractivity (Wildman–Crippen MR) is 72.5 cm³/mol. The summed E-state index contributed by atoms with van der Waals surface area (Å²) >= 11 is 0. The second-order valence-electron chi connectivity index (χ2n) is 4.51. The lowest BCUT2D eigenvalue weighted by Gasteiger charge is -2.12. The van der Waals surface area contributed by atoms with Crippen LogP contribution in [0.4, 0.5) is 0 Å². The normalized spacial score (nSPS) is 12.4. The zero-order valence-electron chi connectivity index (χ0n) is 10.8. The topological polar surface area (TPSA) is 76.2 Å². The van der Waals surface area contributed by atoms with Crippen molar-refractivity contribution in [3.8, 4) is 0 Å². The Hall–Kier alpha value is -2.69. The Morgan fingerprint density at radius 3 is 2.65 bits per heavy atom. The molecule has 2 aromatic heterocycles. The van der Waals surface area contributed by atoms with E-state index in [4.69, 9.17) is 4.42 Å². The van der Waals surface area contributed by atoms with Crippen molar-refractivity contribution >= 4 is 17.1 Å². The molecule has 2 heterocycles. The van der Waals surface area contributed by atoms with Gasteiger partial charge in [-0.25, -0.2) is 4.98 Å². The Balaban J connectivity index is 2.12. The number of aliphatic carboxylic acids is 1. The van der Waals surface area contributed by atoms with E-state index in [1.165, 1.54) is 0 Å². The molecule has 0 saturated heterocycles. The van der Waals surface area contributed by atoms with Gasteiger partial charge in [-0.05, 0) is 35.4 Å². The summed E-state index contributed by atoms with van der Waals surface area (Å²) in [4.78, 5) is 19.7. The molecule has 1 N–H and O–H groups in total. The van der Waals surface area contributed by atoms with E-state index in [0.29, 0.717) is 28.1 Å². The summed E-state index contributed by atoms with van der Waals surface area (Å²) in [5.41, 5.74) is 2.68. The SMILES string of the molecule is Cc1nc2cc(C(C(=O)O)c3ccncc3)ccc2o1. The first-order valence-corrected chi connectivity index (χ1v) is 6.15. The van der Waals surface area contributed by atoms with Crippen LogP contribution in [0.5, 0.6) is 0 Å². The highest BCUT2D eigenvalue weighted by Crippen LogP contribution is 2.27. The van der Waals surface area contributed by atoms with Gasteiger partial charge in [0.25, 0.3) is 0 Å². The van der Waals surface area contributed by atoms with Gasteiger partial charge in [0, 0.05) is 19.3 Å². The summed E-state index contributed by atoms with van der Waals surface area (Å²) in [6, 6.07) is 8.67.